The van der Waals surface area contributed by atoms with Crippen molar-refractivity contribution in [3.05, 3.63) is 85.2 Å². The Kier molecular flexibility index (Phi) is 2.74. The van der Waals surface area contributed by atoms with Crippen LogP contribution in [0.5, 0.6) is 0 Å². The number of hydrogen-bond acceptors (Lipinski definition) is 3. The topological polar surface area (TPSA) is 38.9 Å². The highest BCUT2D eigenvalue weighted by molar-refractivity contribution is 6.31. The first-order valence-corrected chi connectivity index (χ1v) is 9.68. The van der Waals surface area contributed by atoms with E-state index in [1.165, 1.54) is 16.2 Å². The summed E-state index contributed by atoms with van der Waals surface area (Å²) in [7, 11) is 0. The van der Waals surface area contributed by atoms with E-state index in [2.05, 4.69) is 54.6 Å². The van der Waals surface area contributed by atoms with Gasteiger partial charge in [-0.15, -0.1) is 0 Å². The smallest absolute Gasteiger partial charge is 0.136 e. The largest absolute Gasteiger partial charge is 0.456 e. The number of para-hydroxylation sites is 1. The molecule has 0 saturated heterocycles. The lowest BCUT2D eigenvalue weighted by molar-refractivity contribution is 0.669. The minimum atomic E-state index is 0.899. The van der Waals surface area contributed by atoms with Gasteiger partial charge in [0.05, 0.1) is 11.0 Å². The Morgan fingerprint density at radius 1 is 0.517 bits per heavy atom. The van der Waals surface area contributed by atoms with E-state index in [0.717, 1.165) is 49.1 Å². The van der Waals surface area contributed by atoms with Crippen LogP contribution in [0.1, 0.15) is 0 Å². The second-order valence-electron chi connectivity index (χ2n) is 7.45. The van der Waals surface area contributed by atoms with Crippen molar-refractivity contribution in [3.8, 4) is 0 Å². The summed E-state index contributed by atoms with van der Waals surface area (Å²) in [6.07, 6.45) is 3.55. The Labute approximate surface area is 165 Å². The molecule has 0 amide bonds. The third kappa shape index (κ3) is 1.91. The average Bonchev–Trinajstić information content (AvgIpc) is 3.15. The van der Waals surface area contributed by atoms with Gasteiger partial charge in [0.2, 0.25) is 0 Å². The maximum atomic E-state index is 6.17. The number of aromatic nitrogens is 2. The van der Waals surface area contributed by atoms with Gasteiger partial charge in [-0.1, -0.05) is 54.6 Å². The molecule has 0 aliphatic rings. The monoisotopic (exact) mass is 370 g/mol. The predicted octanol–water partition coefficient (Wildman–Crippen LogP) is 6.99. The van der Waals surface area contributed by atoms with Gasteiger partial charge in [-0.25, -0.2) is 0 Å². The van der Waals surface area contributed by atoms with Crippen LogP contribution in [-0.2, 0) is 0 Å². The Morgan fingerprint density at radius 2 is 1.31 bits per heavy atom. The fraction of sp³-hybridized carbons (Fsp3) is 0. The first-order chi connectivity index (χ1) is 14.4. The second kappa shape index (κ2) is 5.30. The van der Waals surface area contributed by atoms with Crippen LogP contribution in [0.25, 0.3) is 65.3 Å². The van der Waals surface area contributed by atoms with E-state index in [4.69, 9.17) is 14.4 Å². The maximum absolute atomic E-state index is 6.17. The lowest BCUT2D eigenvalue weighted by atomic mass is 9.94. The Morgan fingerprint density at radius 3 is 2.24 bits per heavy atom. The molecule has 29 heavy (non-hydrogen) atoms. The van der Waals surface area contributed by atoms with Crippen LogP contribution in [0.3, 0.4) is 0 Å². The van der Waals surface area contributed by atoms with Crippen molar-refractivity contribution in [2.45, 2.75) is 0 Å². The van der Waals surface area contributed by atoms with Crippen LogP contribution < -0.4 is 0 Å². The standard InChI is InChI=1S/C26H14N2O/c1-2-6-16-15(5-1)9-10-18-19-14-23-20(17-7-3-4-8-22(17)29-23)13-21(19)25-26(24(16)18)28-12-11-27-25/h1-14H. The Bertz CT molecular complexity index is 1760. The zero-order valence-electron chi connectivity index (χ0n) is 15.4. The number of hydrogen-bond donors (Lipinski definition) is 0. The molecule has 5 aromatic carbocycles. The molecular formula is C26H14N2O. The number of fused-ring (bicyclic) bond motifs is 11. The van der Waals surface area contributed by atoms with Gasteiger partial charge in [-0.3, -0.25) is 9.97 Å². The zero-order valence-corrected chi connectivity index (χ0v) is 15.4. The summed E-state index contributed by atoms with van der Waals surface area (Å²) in [6.45, 7) is 0. The molecular weight excluding hydrogens is 356 g/mol. The zero-order chi connectivity index (χ0) is 18.9. The highest BCUT2D eigenvalue weighted by atomic mass is 16.3. The summed E-state index contributed by atoms with van der Waals surface area (Å²) in [4.78, 5) is 9.50. The van der Waals surface area contributed by atoms with Gasteiger partial charge >= 0.3 is 0 Å². The molecule has 0 spiro atoms. The lowest BCUT2D eigenvalue weighted by Crippen LogP contribution is -1.89. The highest BCUT2D eigenvalue weighted by Gasteiger charge is 2.16. The van der Waals surface area contributed by atoms with Gasteiger partial charge in [0.25, 0.3) is 0 Å². The fourth-order valence-electron chi connectivity index (χ4n) is 4.66. The van der Waals surface area contributed by atoms with Gasteiger partial charge < -0.3 is 4.42 Å². The lowest BCUT2D eigenvalue weighted by Gasteiger charge is -2.11. The van der Waals surface area contributed by atoms with Gasteiger partial charge in [0, 0.05) is 33.9 Å². The van der Waals surface area contributed by atoms with E-state index >= 15 is 0 Å². The summed E-state index contributed by atoms with van der Waals surface area (Å²) in [5.74, 6) is 0. The normalized spacial score (nSPS) is 12.1. The molecule has 3 heteroatoms. The molecule has 0 fully saturated rings. The molecule has 0 N–H and O–H groups in total. The molecule has 0 saturated carbocycles. The maximum Gasteiger partial charge on any atom is 0.136 e. The molecule has 0 radical (unpaired) electrons. The van der Waals surface area contributed by atoms with E-state index in [0.29, 0.717) is 0 Å². The van der Waals surface area contributed by atoms with Gasteiger partial charge in [-0.2, -0.15) is 0 Å². The van der Waals surface area contributed by atoms with Crippen molar-refractivity contribution >= 4 is 65.3 Å². The van der Waals surface area contributed by atoms with Crippen molar-refractivity contribution < 1.29 is 4.42 Å². The first kappa shape index (κ1) is 15.0. The van der Waals surface area contributed by atoms with Crippen LogP contribution in [0.15, 0.2) is 89.6 Å². The van der Waals surface area contributed by atoms with E-state index in [-0.39, 0.29) is 0 Å². The number of furan rings is 1. The summed E-state index contributed by atoms with van der Waals surface area (Å²) in [5.41, 5.74) is 3.68. The van der Waals surface area contributed by atoms with Crippen molar-refractivity contribution in [2.75, 3.05) is 0 Å². The second-order valence-corrected chi connectivity index (χ2v) is 7.45. The predicted molar refractivity (Wildman–Crippen MR) is 119 cm³/mol. The van der Waals surface area contributed by atoms with Gasteiger partial charge in [-0.05, 0) is 39.7 Å². The van der Waals surface area contributed by atoms with E-state index < -0.39 is 0 Å². The number of rotatable bonds is 0. The van der Waals surface area contributed by atoms with E-state index in [9.17, 15) is 0 Å². The minimum Gasteiger partial charge on any atom is -0.456 e. The molecule has 0 atom stereocenters. The van der Waals surface area contributed by atoms with E-state index in [1.54, 1.807) is 12.4 Å². The number of benzene rings is 5. The highest BCUT2D eigenvalue weighted by Crippen LogP contribution is 2.40. The van der Waals surface area contributed by atoms with Crippen LogP contribution in [0.4, 0.5) is 0 Å². The molecule has 0 aliphatic carbocycles. The molecule has 2 aromatic heterocycles. The van der Waals surface area contributed by atoms with Crippen molar-refractivity contribution in [1.82, 2.24) is 9.97 Å². The molecule has 134 valence electrons. The van der Waals surface area contributed by atoms with Crippen LogP contribution in [0.2, 0.25) is 0 Å². The van der Waals surface area contributed by atoms with Crippen LogP contribution in [-0.4, -0.2) is 9.97 Å². The van der Waals surface area contributed by atoms with E-state index in [1.807, 2.05) is 18.2 Å². The summed E-state index contributed by atoms with van der Waals surface area (Å²) >= 11 is 0. The quantitative estimate of drug-likeness (QED) is 0.270. The number of nitrogens with zero attached hydrogens (tertiary/aromatic N) is 2. The van der Waals surface area contributed by atoms with Crippen LogP contribution >= 0.6 is 0 Å². The summed E-state index contributed by atoms with van der Waals surface area (Å²) in [6, 6.07) is 25.4. The first-order valence-electron chi connectivity index (χ1n) is 9.68. The third-order valence-electron chi connectivity index (χ3n) is 5.93. The van der Waals surface area contributed by atoms with Gasteiger partial charge in [0.1, 0.15) is 11.2 Å². The van der Waals surface area contributed by atoms with Crippen molar-refractivity contribution in [2.24, 2.45) is 0 Å². The van der Waals surface area contributed by atoms with Gasteiger partial charge in [0.15, 0.2) is 0 Å². The molecule has 2 heterocycles. The van der Waals surface area contributed by atoms with Crippen molar-refractivity contribution in [1.29, 1.82) is 0 Å². The molecule has 0 bridgehead atoms. The van der Waals surface area contributed by atoms with Crippen molar-refractivity contribution in [3.63, 3.8) is 0 Å². The fourth-order valence-corrected chi connectivity index (χ4v) is 4.66. The Balaban J connectivity index is 1.82. The minimum absolute atomic E-state index is 0.899. The molecule has 3 nitrogen and oxygen atoms in total. The molecule has 7 aromatic rings. The third-order valence-corrected chi connectivity index (χ3v) is 5.93. The summed E-state index contributed by atoms with van der Waals surface area (Å²) in [5, 5.41) is 9.21. The molecule has 0 aliphatic heterocycles. The van der Waals surface area contributed by atoms with Crippen LogP contribution in [0, 0.1) is 0 Å². The average molecular weight is 370 g/mol. The molecule has 7 rings (SSSR count). The SMILES string of the molecule is c1ccc2c(c1)ccc1c3cc4oc5ccccc5c4cc3c3nccnc3c21. The summed E-state index contributed by atoms with van der Waals surface area (Å²) < 4.78 is 6.17. The Hall–Kier alpha value is -3.98. The molecule has 0 unspecified atom stereocenters.